The first-order chi connectivity index (χ1) is 7.41. The summed E-state index contributed by atoms with van der Waals surface area (Å²) < 4.78 is 31.7. The largest absolute Gasteiger partial charge is 0.377 e. The van der Waals surface area contributed by atoms with E-state index in [4.69, 9.17) is 16.3 Å². The Labute approximate surface area is 103 Å². The zero-order chi connectivity index (χ0) is 12.2. The van der Waals surface area contributed by atoms with Gasteiger partial charge in [-0.1, -0.05) is 6.92 Å². The number of ether oxygens (including phenoxy) is 1. The molecule has 4 nitrogen and oxygen atoms in total. The van der Waals surface area contributed by atoms with Crippen LogP contribution in [-0.2, 0) is 14.8 Å². The fourth-order valence-corrected chi connectivity index (χ4v) is 3.77. The molecule has 1 N–H and O–H groups in total. The molecule has 0 saturated carbocycles. The maximum atomic E-state index is 11.9. The van der Waals surface area contributed by atoms with E-state index >= 15 is 0 Å². The Morgan fingerprint density at radius 3 is 2.69 bits per heavy atom. The molecule has 0 aliphatic carbocycles. The molecular formula is C10H20ClNO3S. The van der Waals surface area contributed by atoms with Crippen LogP contribution in [-0.4, -0.2) is 38.3 Å². The Bertz CT molecular complexity index is 308. The van der Waals surface area contributed by atoms with Crippen molar-refractivity contribution >= 4 is 21.6 Å². The van der Waals surface area contributed by atoms with Crippen LogP contribution < -0.4 is 4.72 Å². The predicted octanol–water partition coefficient (Wildman–Crippen LogP) is 1.49. The van der Waals surface area contributed by atoms with Crippen molar-refractivity contribution in [2.24, 2.45) is 0 Å². The third kappa shape index (κ3) is 4.20. The van der Waals surface area contributed by atoms with Crippen molar-refractivity contribution in [2.75, 3.05) is 18.2 Å². The molecule has 0 spiro atoms. The van der Waals surface area contributed by atoms with Crippen molar-refractivity contribution < 1.29 is 13.2 Å². The molecule has 1 rings (SSSR count). The molecule has 96 valence electrons. The van der Waals surface area contributed by atoms with Crippen LogP contribution in [0.2, 0.25) is 0 Å². The van der Waals surface area contributed by atoms with Crippen molar-refractivity contribution in [3.05, 3.63) is 0 Å². The van der Waals surface area contributed by atoms with E-state index in [9.17, 15) is 8.42 Å². The van der Waals surface area contributed by atoms with Gasteiger partial charge in [0.05, 0.1) is 11.9 Å². The van der Waals surface area contributed by atoms with Gasteiger partial charge in [-0.2, -0.15) is 0 Å². The van der Waals surface area contributed by atoms with Crippen LogP contribution in [0.1, 0.15) is 33.1 Å². The summed E-state index contributed by atoms with van der Waals surface area (Å²) in [5.74, 6) is 0.313. The number of hydrogen-bond donors (Lipinski definition) is 1. The summed E-state index contributed by atoms with van der Waals surface area (Å²) in [4.78, 5) is 0. The van der Waals surface area contributed by atoms with Gasteiger partial charge >= 0.3 is 0 Å². The average Bonchev–Trinajstić information content (AvgIpc) is 2.68. The third-order valence-corrected chi connectivity index (χ3v) is 5.11. The molecule has 1 aliphatic heterocycles. The summed E-state index contributed by atoms with van der Waals surface area (Å²) in [6, 6.07) is 0. The SMILES string of the molecule is CCC(C)(CCl)NS(=O)(=O)CC1CCCO1. The van der Waals surface area contributed by atoms with Crippen molar-refractivity contribution in [3.8, 4) is 0 Å². The van der Waals surface area contributed by atoms with Crippen LogP contribution in [0.15, 0.2) is 0 Å². The fourth-order valence-electron chi connectivity index (χ4n) is 1.63. The lowest BCUT2D eigenvalue weighted by atomic mass is 10.0. The van der Waals surface area contributed by atoms with Crippen molar-refractivity contribution in [3.63, 3.8) is 0 Å². The normalized spacial score (nSPS) is 25.6. The van der Waals surface area contributed by atoms with Crippen LogP contribution in [0.5, 0.6) is 0 Å². The molecule has 2 atom stereocenters. The van der Waals surface area contributed by atoms with E-state index in [0.717, 1.165) is 12.8 Å². The second-order valence-corrected chi connectivity index (χ2v) is 6.60. The van der Waals surface area contributed by atoms with E-state index in [1.165, 1.54) is 0 Å². The van der Waals surface area contributed by atoms with Crippen molar-refractivity contribution in [1.29, 1.82) is 0 Å². The summed E-state index contributed by atoms with van der Waals surface area (Å²) in [5, 5.41) is 0. The zero-order valence-corrected chi connectivity index (χ0v) is 11.4. The molecule has 16 heavy (non-hydrogen) atoms. The molecule has 2 unspecified atom stereocenters. The van der Waals surface area contributed by atoms with E-state index < -0.39 is 15.6 Å². The third-order valence-electron chi connectivity index (χ3n) is 2.91. The average molecular weight is 270 g/mol. The minimum absolute atomic E-state index is 0.0411. The second kappa shape index (κ2) is 5.67. The number of alkyl halides is 1. The predicted molar refractivity (Wildman–Crippen MR) is 65.3 cm³/mol. The standard InChI is InChI=1S/C10H20ClNO3S/c1-3-10(2,8-11)12-16(13,14)7-9-5-4-6-15-9/h9,12H,3-8H2,1-2H3. The van der Waals surface area contributed by atoms with Crippen LogP contribution in [0.25, 0.3) is 0 Å². The highest BCUT2D eigenvalue weighted by molar-refractivity contribution is 7.89. The lowest BCUT2D eigenvalue weighted by Crippen LogP contribution is -2.49. The van der Waals surface area contributed by atoms with Crippen LogP contribution in [0.3, 0.4) is 0 Å². The minimum atomic E-state index is -3.31. The highest BCUT2D eigenvalue weighted by atomic mass is 35.5. The van der Waals surface area contributed by atoms with E-state index in [0.29, 0.717) is 13.0 Å². The molecular weight excluding hydrogens is 250 g/mol. The van der Waals surface area contributed by atoms with Crippen molar-refractivity contribution in [2.45, 2.75) is 44.8 Å². The quantitative estimate of drug-likeness (QED) is 0.744. The van der Waals surface area contributed by atoms with Crippen molar-refractivity contribution in [1.82, 2.24) is 4.72 Å². The van der Waals surface area contributed by atoms with Gasteiger partial charge < -0.3 is 4.74 Å². The lowest BCUT2D eigenvalue weighted by molar-refractivity contribution is 0.127. The van der Waals surface area contributed by atoms with Gasteiger partial charge in [-0.05, 0) is 26.2 Å². The Balaban J connectivity index is 2.56. The molecule has 0 aromatic carbocycles. The smallest absolute Gasteiger partial charge is 0.214 e. The molecule has 0 aromatic heterocycles. The summed E-state index contributed by atoms with van der Waals surface area (Å²) in [6.45, 7) is 4.39. The topological polar surface area (TPSA) is 55.4 Å². The monoisotopic (exact) mass is 269 g/mol. The number of nitrogens with one attached hydrogen (secondary N) is 1. The Morgan fingerprint density at radius 2 is 2.25 bits per heavy atom. The highest BCUT2D eigenvalue weighted by Crippen LogP contribution is 2.17. The van der Waals surface area contributed by atoms with E-state index in [1.54, 1.807) is 0 Å². The molecule has 1 fully saturated rings. The first-order valence-electron chi connectivity index (χ1n) is 5.60. The second-order valence-electron chi connectivity index (χ2n) is 4.57. The molecule has 1 heterocycles. The first kappa shape index (κ1) is 14.2. The van der Waals surface area contributed by atoms with Crippen LogP contribution >= 0.6 is 11.6 Å². The molecule has 1 aliphatic rings. The molecule has 0 aromatic rings. The maximum Gasteiger partial charge on any atom is 0.214 e. The maximum absolute atomic E-state index is 11.9. The summed E-state index contributed by atoms with van der Waals surface area (Å²) >= 11 is 5.77. The fraction of sp³-hybridized carbons (Fsp3) is 1.00. The highest BCUT2D eigenvalue weighted by Gasteiger charge is 2.30. The Morgan fingerprint density at radius 1 is 1.56 bits per heavy atom. The zero-order valence-electron chi connectivity index (χ0n) is 9.83. The summed E-state index contributed by atoms with van der Waals surface area (Å²) in [5.41, 5.74) is -0.557. The molecule has 0 amide bonds. The molecule has 6 heteroatoms. The number of halogens is 1. The van der Waals surface area contributed by atoms with E-state index in [2.05, 4.69) is 4.72 Å². The van der Waals surface area contributed by atoms with Gasteiger partial charge in [0.15, 0.2) is 0 Å². The van der Waals surface area contributed by atoms with Gasteiger partial charge in [0.2, 0.25) is 10.0 Å². The van der Waals surface area contributed by atoms with Gasteiger partial charge in [-0.25, -0.2) is 13.1 Å². The van der Waals surface area contributed by atoms with Gasteiger partial charge in [0, 0.05) is 18.0 Å². The number of sulfonamides is 1. The number of rotatable bonds is 6. The Kier molecular flexibility index (Phi) is 5.04. The number of hydrogen-bond acceptors (Lipinski definition) is 3. The molecule has 0 radical (unpaired) electrons. The van der Waals surface area contributed by atoms with Gasteiger partial charge in [0.25, 0.3) is 0 Å². The van der Waals surface area contributed by atoms with Crippen LogP contribution in [0, 0.1) is 0 Å². The summed E-state index contributed by atoms with van der Waals surface area (Å²) in [7, 11) is -3.31. The minimum Gasteiger partial charge on any atom is -0.377 e. The van der Waals surface area contributed by atoms with Gasteiger partial charge in [-0.3, -0.25) is 0 Å². The van der Waals surface area contributed by atoms with Crippen LogP contribution in [0.4, 0.5) is 0 Å². The molecule has 1 saturated heterocycles. The first-order valence-corrected chi connectivity index (χ1v) is 7.79. The Hall–Kier alpha value is 0.160. The van der Waals surface area contributed by atoms with E-state index in [1.807, 2.05) is 13.8 Å². The molecule has 0 bridgehead atoms. The summed E-state index contributed by atoms with van der Waals surface area (Å²) in [6.07, 6.45) is 2.28. The van der Waals surface area contributed by atoms with Gasteiger partial charge in [-0.15, -0.1) is 11.6 Å². The van der Waals surface area contributed by atoms with E-state index in [-0.39, 0.29) is 17.7 Å². The lowest BCUT2D eigenvalue weighted by Gasteiger charge is -2.27. The van der Waals surface area contributed by atoms with Gasteiger partial charge in [0.1, 0.15) is 0 Å².